The molecule has 5 fully saturated rings. The van der Waals surface area contributed by atoms with Crippen molar-refractivity contribution in [2.75, 3.05) is 20.2 Å². The quantitative estimate of drug-likeness (QED) is 0.320. The lowest BCUT2D eigenvalue weighted by Crippen LogP contribution is -2.67. The van der Waals surface area contributed by atoms with Crippen LogP contribution in [0.2, 0.25) is 0 Å². The molecule has 7 nitrogen and oxygen atoms in total. The maximum atomic E-state index is 13.8. The normalized spacial score (nSPS) is 44.1. The van der Waals surface area contributed by atoms with Crippen molar-refractivity contribution in [1.29, 1.82) is 0 Å². The van der Waals surface area contributed by atoms with E-state index in [9.17, 15) is 14.4 Å². The molecular formula is C38H60N2O5. The Hall–Kier alpha value is -1.89. The number of ether oxygens (including phenoxy) is 2. The minimum Gasteiger partial charge on any atom is -0.462 e. The van der Waals surface area contributed by atoms with Crippen LogP contribution in [0, 0.1) is 45.3 Å². The summed E-state index contributed by atoms with van der Waals surface area (Å²) in [4.78, 5) is 41.6. The average Bonchev–Trinajstić information content (AvgIpc) is 3.48. The molecule has 0 aromatic heterocycles. The lowest BCUT2D eigenvalue weighted by molar-refractivity contribution is -0.231. The zero-order valence-corrected chi connectivity index (χ0v) is 29.6. The first kappa shape index (κ1) is 33.0. The first-order valence-corrected chi connectivity index (χ1v) is 18.1. The Bertz CT molecular complexity index is 1270. The van der Waals surface area contributed by atoms with E-state index in [2.05, 4.69) is 65.7 Å². The highest BCUT2D eigenvalue weighted by molar-refractivity contribution is 6.02. The molecule has 6 rings (SSSR count). The van der Waals surface area contributed by atoms with Gasteiger partial charge in [-0.1, -0.05) is 48.5 Å². The number of nitrogens with one attached hydrogen (secondary N) is 1. The summed E-state index contributed by atoms with van der Waals surface area (Å²) in [6.07, 6.45) is 10.4. The van der Waals surface area contributed by atoms with Gasteiger partial charge in [-0.25, -0.2) is 4.79 Å². The van der Waals surface area contributed by atoms with Crippen LogP contribution in [-0.2, 0) is 19.1 Å². The lowest BCUT2D eigenvalue weighted by atomic mass is 9.33. The van der Waals surface area contributed by atoms with Crippen molar-refractivity contribution in [2.24, 2.45) is 45.3 Å². The molecular weight excluding hydrogens is 564 g/mol. The molecule has 4 unspecified atom stereocenters. The average molecular weight is 625 g/mol. The van der Waals surface area contributed by atoms with Crippen LogP contribution < -0.4 is 5.32 Å². The molecule has 0 aromatic carbocycles. The molecule has 5 aliphatic carbocycles. The summed E-state index contributed by atoms with van der Waals surface area (Å²) < 4.78 is 11.8. The van der Waals surface area contributed by atoms with Gasteiger partial charge < -0.3 is 19.7 Å². The molecule has 6 aliphatic rings. The van der Waals surface area contributed by atoms with Crippen LogP contribution in [0.3, 0.4) is 0 Å². The summed E-state index contributed by atoms with van der Waals surface area (Å²) in [7, 11) is 2.10. The van der Waals surface area contributed by atoms with Crippen LogP contribution in [-0.4, -0.2) is 60.6 Å². The molecule has 7 heteroatoms. The van der Waals surface area contributed by atoms with E-state index in [-0.39, 0.29) is 63.5 Å². The second-order valence-corrected chi connectivity index (χ2v) is 17.7. The second-order valence-electron chi connectivity index (χ2n) is 17.7. The fourth-order valence-corrected chi connectivity index (χ4v) is 12.7. The fraction of sp³-hybridized carbons (Fsp3) is 0.868. The molecule has 1 aliphatic heterocycles. The fourth-order valence-electron chi connectivity index (χ4n) is 12.7. The second kappa shape index (κ2) is 11.1. The molecule has 0 aromatic rings. The molecule has 1 heterocycles. The molecule has 0 radical (unpaired) electrons. The number of allylic oxidation sites excluding steroid dienone is 1. The monoisotopic (exact) mass is 624 g/mol. The number of Topliss-reactive ketones (excluding diaryl/α,β-unsaturated/α-hetero) is 1. The number of esters is 1. The molecule has 1 amide bonds. The smallest absolute Gasteiger partial charge is 0.407 e. The summed E-state index contributed by atoms with van der Waals surface area (Å²) >= 11 is 0. The van der Waals surface area contributed by atoms with Gasteiger partial charge in [0.25, 0.3) is 0 Å². The van der Waals surface area contributed by atoms with Gasteiger partial charge in [0.15, 0.2) is 5.78 Å². The number of hydrogen-bond donors (Lipinski definition) is 1. The topological polar surface area (TPSA) is 84.9 Å². The van der Waals surface area contributed by atoms with E-state index in [1.54, 1.807) is 6.92 Å². The van der Waals surface area contributed by atoms with Gasteiger partial charge in [-0.2, -0.15) is 0 Å². The van der Waals surface area contributed by atoms with Crippen molar-refractivity contribution in [3.63, 3.8) is 0 Å². The standard InChI is InChI=1S/C38H60N2O5/c1-23(2)31-27(42)21-38(39-33(43)44-22-25-11-10-20-40(25)9)19-18-36(7)26(32(31)38)12-13-29-35(6)16-15-30(45-24(3)41)34(4,5)28(35)14-17-37(29,36)8/h23,25-26,28-30H,10-22H2,1-9H3,(H,39,43)/t25?,26?,28?,29?,30-,35-,36+,37+,38+/m0/s1. The first-order chi connectivity index (χ1) is 21.0. The largest absolute Gasteiger partial charge is 0.462 e. The third-order valence-corrected chi connectivity index (χ3v) is 15.1. The van der Waals surface area contributed by atoms with Crippen molar-refractivity contribution in [2.45, 2.75) is 144 Å². The molecule has 4 saturated carbocycles. The Morgan fingerprint density at radius 2 is 1.67 bits per heavy atom. The summed E-state index contributed by atoms with van der Waals surface area (Å²) in [6.45, 7) is 19.6. The highest BCUT2D eigenvalue weighted by Crippen LogP contribution is 2.75. The molecule has 45 heavy (non-hydrogen) atoms. The molecule has 1 saturated heterocycles. The van der Waals surface area contributed by atoms with Crippen LogP contribution >= 0.6 is 0 Å². The number of fused-ring (bicyclic) bond motifs is 7. The van der Waals surface area contributed by atoms with Crippen molar-refractivity contribution in [3.8, 4) is 0 Å². The van der Waals surface area contributed by atoms with E-state index in [1.807, 2.05) is 0 Å². The number of likely N-dealkylation sites (N-methyl/N-ethyl adjacent to an activating group) is 1. The van der Waals surface area contributed by atoms with Gasteiger partial charge in [0.05, 0.1) is 5.54 Å². The van der Waals surface area contributed by atoms with E-state index < -0.39 is 5.54 Å². The third-order valence-electron chi connectivity index (χ3n) is 15.1. The number of hydrogen-bond acceptors (Lipinski definition) is 6. The molecule has 9 atom stereocenters. The molecule has 0 spiro atoms. The van der Waals surface area contributed by atoms with E-state index in [4.69, 9.17) is 9.47 Å². The van der Waals surface area contributed by atoms with Gasteiger partial charge in [-0.05, 0) is 129 Å². The maximum absolute atomic E-state index is 13.8. The van der Waals surface area contributed by atoms with Gasteiger partial charge >= 0.3 is 12.1 Å². The van der Waals surface area contributed by atoms with E-state index in [1.165, 1.54) is 5.57 Å². The predicted molar refractivity (Wildman–Crippen MR) is 175 cm³/mol. The zero-order valence-electron chi connectivity index (χ0n) is 29.6. The molecule has 1 N–H and O–H groups in total. The van der Waals surface area contributed by atoms with Crippen molar-refractivity contribution >= 4 is 17.8 Å². The highest BCUT2D eigenvalue weighted by atomic mass is 16.6. The Kier molecular flexibility index (Phi) is 8.14. The number of alkyl carbamates (subject to hydrolysis) is 1. The lowest BCUT2D eigenvalue weighted by Gasteiger charge is -2.72. The summed E-state index contributed by atoms with van der Waals surface area (Å²) in [6, 6.07) is 0.273. The van der Waals surface area contributed by atoms with Crippen molar-refractivity contribution < 1.29 is 23.9 Å². The van der Waals surface area contributed by atoms with Gasteiger partial charge in [0.2, 0.25) is 0 Å². The van der Waals surface area contributed by atoms with Crippen LogP contribution in [0.15, 0.2) is 11.1 Å². The Morgan fingerprint density at radius 1 is 0.933 bits per heavy atom. The van der Waals surface area contributed by atoms with E-state index in [0.717, 1.165) is 76.3 Å². The Labute approximate surface area is 272 Å². The number of carbonyl (C=O) groups is 3. The summed E-state index contributed by atoms with van der Waals surface area (Å²) in [5.41, 5.74) is 1.85. The number of rotatable bonds is 5. The zero-order chi connectivity index (χ0) is 32.7. The van der Waals surface area contributed by atoms with Gasteiger partial charge in [0.1, 0.15) is 12.7 Å². The maximum Gasteiger partial charge on any atom is 0.407 e. The predicted octanol–water partition coefficient (Wildman–Crippen LogP) is 7.47. The number of ketones is 1. The number of carbonyl (C=O) groups excluding carboxylic acids is 3. The summed E-state index contributed by atoms with van der Waals surface area (Å²) in [5.74, 6) is 1.50. The van der Waals surface area contributed by atoms with Gasteiger partial charge in [-0.3, -0.25) is 9.59 Å². The third kappa shape index (κ3) is 4.86. The Morgan fingerprint density at radius 3 is 2.31 bits per heavy atom. The van der Waals surface area contributed by atoms with Crippen molar-refractivity contribution in [3.05, 3.63) is 11.1 Å². The van der Waals surface area contributed by atoms with E-state index in [0.29, 0.717) is 24.9 Å². The minimum absolute atomic E-state index is 0.0252. The first-order valence-electron chi connectivity index (χ1n) is 18.1. The number of amides is 1. The highest BCUT2D eigenvalue weighted by Gasteiger charge is 2.70. The number of nitrogens with zero attached hydrogens (tertiary/aromatic N) is 1. The summed E-state index contributed by atoms with van der Waals surface area (Å²) in [5, 5.41) is 3.37. The number of likely N-dealkylation sites (tertiary alicyclic amines) is 1. The molecule has 0 bridgehead atoms. The molecule has 252 valence electrons. The minimum atomic E-state index is -0.631. The van der Waals surface area contributed by atoms with Crippen molar-refractivity contribution in [1.82, 2.24) is 10.2 Å². The van der Waals surface area contributed by atoms with E-state index >= 15 is 0 Å². The van der Waals surface area contributed by atoms with Gasteiger partial charge in [-0.15, -0.1) is 0 Å². The Balaban J connectivity index is 1.31. The van der Waals surface area contributed by atoms with Crippen LogP contribution in [0.25, 0.3) is 0 Å². The van der Waals surface area contributed by atoms with Crippen LogP contribution in [0.1, 0.15) is 126 Å². The SMILES string of the molecule is CC(=O)O[C@H]1CC[C@@]2(C)C(CC[C@]3(C)C2CCC2C4=C(C(C)C)C(=O)C[C@]4(NC(=O)OCC4CCCN4C)CC[C@]23C)C1(C)C. The van der Waals surface area contributed by atoms with Gasteiger partial charge in [0, 0.05) is 24.8 Å². The van der Waals surface area contributed by atoms with Crippen LogP contribution in [0.4, 0.5) is 4.79 Å². The van der Waals surface area contributed by atoms with Crippen LogP contribution in [0.5, 0.6) is 0 Å².